The van der Waals surface area contributed by atoms with Crippen molar-refractivity contribution < 1.29 is 33.0 Å². The molecule has 3 N–H and O–H groups in total. The van der Waals surface area contributed by atoms with E-state index in [0.29, 0.717) is 0 Å². The van der Waals surface area contributed by atoms with Crippen LogP contribution in [0.25, 0.3) is 0 Å². The number of carbonyl (C=O) groups is 1. The zero-order valence-corrected chi connectivity index (χ0v) is 23.2. The first-order valence-electron chi connectivity index (χ1n) is 12.2. The molecule has 14 heteroatoms. The summed E-state index contributed by atoms with van der Waals surface area (Å²) < 4.78 is 37.1. The number of aliphatic hydroxyl groups excluding tert-OH is 1. The fourth-order valence-electron chi connectivity index (χ4n) is 3.72. The Balaban J connectivity index is 1.81. The number of aromatic amines is 1. The molecule has 0 spiro atoms. The lowest BCUT2D eigenvalue weighted by atomic mass is 9.84. The van der Waals surface area contributed by atoms with Gasteiger partial charge in [-0.15, -0.1) is 0 Å². The van der Waals surface area contributed by atoms with Gasteiger partial charge in [-0.25, -0.2) is 9.36 Å². The summed E-state index contributed by atoms with van der Waals surface area (Å²) in [6.45, 7) is 8.06. The summed E-state index contributed by atoms with van der Waals surface area (Å²) in [5, 5.41) is 23.3. The molecule has 2 heterocycles. The van der Waals surface area contributed by atoms with Crippen LogP contribution in [-0.2, 0) is 23.4 Å². The first-order valence-corrected chi connectivity index (χ1v) is 13.7. The number of nitriles is 1. The van der Waals surface area contributed by atoms with Crippen molar-refractivity contribution in [3.63, 3.8) is 0 Å². The first kappa shape index (κ1) is 30.3. The summed E-state index contributed by atoms with van der Waals surface area (Å²) in [5.41, 5.74) is -3.42. The smallest absolute Gasteiger partial charge is 0.459 e. The van der Waals surface area contributed by atoms with Gasteiger partial charge in [-0.1, -0.05) is 39.0 Å². The second kappa shape index (κ2) is 11.9. The first-order chi connectivity index (χ1) is 18.2. The van der Waals surface area contributed by atoms with E-state index in [1.54, 1.807) is 18.2 Å². The molecule has 1 saturated heterocycles. The maximum absolute atomic E-state index is 13.8. The van der Waals surface area contributed by atoms with Crippen molar-refractivity contribution in [3.8, 4) is 11.8 Å². The van der Waals surface area contributed by atoms with E-state index < -0.39 is 61.5 Å². The Labute approximate surface area is 225 Å². The van der Waals surface area contributed by atoms with Crippen molar-refractivity contribution in [1.82, 2.24) is 14.6 Å². The summed E-state index contributed by atoms with van der Waals surface area (Å²) in [7, 11) is -4.29. The molecule has 0 saturated carbocycles. The van der Waals surface area contributed by atoms with Crippen molar-refractivity contribution in [2.75, 3.05) is 13.2 Å². The van der Waals surface area contributed by atoms with Crippen molar-refractivity contribution in [1.29, 1.82) is 5.26 Å². The van der Waals surface area contributed by atoms with Gasteiger partial charge in [-0.2, -0.15) is 10.3 Å². The van der Waals surface area contributed by atoms with Crippen LogP contribution < -0.4 is 20.9 Å². The number of aromatic nitrogens is 2. The van der Waals surface area contributed by atoms with Crippen LogP contribution in [0.1, 0.15) is 40.8 Å². The van der Waals surface area contributed by atoms with Gasteiger partial charge >= 0.3 is 19.4 Å². The maximum atomic E-state index is 13.8. The Morgan fingerprint density at radius 1 is 1.31 bits per heavy atom. The number of rotatable bonds is 10. The Morgan fingerprint density at radius 3 is 2.56 bits per heavy atom. The second-order valence-electron chi connectivity index (χ2n) is 10.6. The summed E-state index contributed by atoms with van der Waals surface area (Å²) >= 11 is 0. The van der Waals surface area contributed by atoms with Gasteiger partial charge in [-0.05, 0) is 31.4 Å². The molecule has 1 aromatic carbocycles. The van der Waals surface area contributed by atoms with Crippen LogP contribution in [0.4, 0.5) is 0 Å². The molecule has 1 aliphatic rings. The summed E-state index contributed by atoms with van der Waals surface area (Å²) in [6.07, 6.45) is -2.89. The monoisotopic (exact) mass is 564 g/mol. The molecule has 1 aromatic heterocycles. The lowest BCUT2D eigenvalue weighted by molar-refractivity contribution is -0.148. The number of carbonyl (C=O) groups excluding carboxylic acids is 1. The lowest BCUT2D eigenvalue weighted by Crippen LogP contribution is -2.41. The second-order valence-corrected chi connectivity index (χ2v) is 12.3. The topological polar surface area (TPSA) is 182 Å². The number of H-pyrrole nitrogens is 1. The van der Waals surface area contributed by atoms with Gasteiger partial charge in [-0.3, -0.25) is 23.7 Å². The van der Waals surface area contributed by atoms with E-state index in [2.05, 4.69) is 10.1 Å². The highest BCUT2D eigenvalue weighted by molar-refractivity contribution is 7.52. The Kier molecular flexibility index (Phi) is 9.20. The molecule has 0 aliphatic carbocycles. The summed E-state index contributed by atoms with van der Waals surface area (Å²) in [4.78, 5) is 38.4. The van der Waals surface area contributed by atoms with E-state index >= 15 is 0 Å². The van der Waals surface area contributed by atoms with Crippen molar-refractivity contribution in [2.45, 2.75) is 59.1 Å². The molecule has 1 fully saturated rings. The minimum atomic E-state index is -4.29. The molecule has 39 heavy (non-hydrogen) atoms. The highest BCUT2D eigenvalue weighted by atomic mass is 31.2. The van der Waals surface area contributed by atoms with Crippen LogP contribution in [0.15, 0.2) is 52.2 Å². The van der Waals surface area contributed by atoms with Crippen molar-refractivity contribution >= 4 is 13.7 Å². The van der Waals surface area contributed by atoms with E-state index in [1.807, 2.05) is 26.8 Å². The van der Waals surface area contributed by atoms with E-state index in [4.69, 9.17) is 18.5 Å². The fraction of sp³-hybridized carbons (Fsp3) is 0.520. The zero-order chi connectivity index (χ0) is 29.0. The summed E-state index contributed by atoms with van der Waals surface area (Å²) in [5.74, 6) is -0.506. The quantitative estimate of drug-likeness (QED) is 0.284. The lowest BCUT2D eigenvalue weighted by Gasteiger charge is -2.26. The fourth-order valence-corrected chi connectivity index (χ4v) is 5.22. The predicted molar refractivity (Wildman–Crippen MR) is 139 cm³/mol. The zero-order valence-electron chi connectivity index (χ0n) is 22.3. The third-order valence-corrected chi connectivity index (χ3v) is 7.50. The Bertz CT molecular complexity index is 1360. The van der Waals surface area contributed by atoms with E-state index in [9.17, 15) is 29.3 Å². The molecule has 212 valence electrons. The number of nitrogens with one attached hydrogen (secondary N) is 2. The molecule has 2 aromatic rings. The minimum absolute atomic E-state index is 0.128. The Morgan fingerprint density at radius 2 is 1.97 bits per heavy atom. The number of hydrogen-bond donors (Lipinski definition) is 3. The molecule has 13 nitrogen and oxygen atoms in total. The van der Waals surface area contributed by atoms with E-state index in [0.717, 1.165) is 16.8 Å². The molecule has 3 rings (SSSR count). The maximum Gasteiger partial charge on any atom is 0.459 e. The van der Waals surface area contributed by atoms with E-state index in [1.165, 1.54) is 26.0 Å². The number of para-hydroxylation sites is 1. The molecular formula is C25H33N4O9P. The number of aliphatic hydroxyl groups is 1. The average Bonchev–Trinajstić information content (AvgIpc) is 3.11. The van der Waals surface area contributed by atoms with Gasteiger partial charge in [0.15, 0.2) is 6.23 Å². The minimum Gasteiger partial charge on any atom is -0.464 e. The molecule has 2 unspecified atom stereocenters. The van der Waals surface area contributed by atoms with Gasteiger partial charge in [0, 0.05) is 12.3 Å². The van der Waals surface area contributed by atoms with Crippen molar-refractivity contribution in [3.05, 3.63) is 63.4 Å². The molecule has 0 amide bonds. The third kappa shape index (κ3) is 7.44. The predicted octanol–water partition coefficient (Wildman–Crippen LogP) is 2.10. The number of esters is 1. The molecular weight excluding hydrogens is 531 g/mol. The number of hydrogen-bond acceptors (Lipinski definition) is 10. The number of nitrogens with zero attached hydrogens (tertiary/aromatic N) is 2. The van der Waals surface area contributed by atoms with Gasteiger partial charge in [0.2, 0.25) is 0 Å². The van der Waals surface area contributed by atoms with Crippen LogP contribution in [0.5, 0.6) is 5.75 Å². The third-order valence-electron chi connectivity index (χ3n) is 5.86. The average molecular weight is 565 g/mol. The SMILES string of the molecule is C[C@H](NP(=O)(OCC1O[C@@H](n2ccc(=O)[nH]c2=O)[C@](C)(C#N)[C@@H]1O)Oc1ccccc1)C(=O)OCC(C)(C)C. The number of benzene rings is 1. The highest BCUT2D eigenvalue weighted by Crippen LogP contribution is 2.48. The molecule has 1 aliphatic heterocycles. The molecule has 6 atom stereocenters. The van der Waals surface area contributed by atoms with Gasteiger partial charge in [0.25, 0.3) is 5.56 Å². The highest BCUT2D eigenvalue weighted by Gasteiger charge is 2.55. The number of ether oxygens (including phenoxy) is 2. The van der Waals surface area contributed by atoms with Crippen molar-refractivity contribution in [2.24, 2.45) is 10.8 Å². The van der Waals surface area contributed by atoms with Crippen LogP contribution >= 0.6 is 7.75 Å². The van der Waals surface area contributed by atoms with Crippen LogP contribution in [0, 0.1) is 22.2 Å². The van der Waals surface area contributed by atoms with Crippen LogP contribution in [0.2, 0.25) is 0 Å². The summed E-state index contributed by atoms with van der Waals surface area (Å²) in [6, 6.07) is 10.0. The molecule has 0 bridgehead atoms. The van der Waals surface area contributed by atoms with Crippen LogP contribution in [-0.4, -0.2) is 52.1 Å². The Hall–Kier alpha value is -3.27. The standard InChI is InChI=1S/C25H33N4O9P/c1-16(21(32)35-15-24(2,3)4)28-39(34,38-17-9-7-6-8-10-17)36-13-18-20(31)25(5,14-26)22(37-18)29-12-11-19(30)27-23(29)33/h6-12,16,18,20,22,31H,13,15H2,1-5H3,(H,28,34)(H,27,30,33)/t16-,18?,20+,22+,25+,39?/m0/s1. The van der Waals surface area contributed by atoms with E-state index in [-0.39, 0.29) is 17.8 Å². The normalized spacial score (nSPS) is 25.3. The van der Waals surface area contributed by atoms with Crippen LogP contribution in [0.3, 0.4) is 0 Å². The molecule has 0 radical (unpaired) electrons. The van der Waals surface area contributed by atoms with Gasteiger partial charge in [0.1, 0.15) is 29.4 Å². The van der Waals surface area contributed by atoms with Gasteiger partial charge < -0.3 is 19.1 Å². The van der Waals surface area contributed by atoms with Gasteiger partial charge in [0.05, 0.1) is 19.3 Å². The largest absolute Gasteiger partial charge is 0.464 e.